The average Bonchev–Trinajstić information content (AvgIpc) is 2.96. The summed E-state index contributed by atoms with van der Waals surface area (Å²) in [4.78, 5) is 23.2. The van der Waals surface area contributed by atoms with Crippen LogP contribution < -0.4 is 10.1 Å². The maximum absolute atomic E-state index is 12.1. The van der Waals surface area contributed by atoms with Gasteiger partial charge in [-0.1, -0.05) is 12.1 Å². The number of carbonyl (C=O) groups excluding carboxylic acids is 1. The summed E-state index contributed by atoms with van der Waals surface area (Å²) in [6.45, 7) is 2.91. The summed E-state index contributed by atoms with van der Waals surface area (Å²) in [7, 11) is 0. The number of anilines is 1. The van der Waals surface area contributed by atoms with Crippen LogP contribution in [0.4, 0.5) is 18.9 Å². The topological polar surface area (TPSA) is 93.5 Å². The third-order valence-corrected chi connectivity index (χ3v) is 3.48. The fourth-order valence-electron chi connectivity index (χ4n) is 1.99. The monoisotopic (exact) mass is 371 g/mol. The highest BCUT2D eigenvalue weighted by atomic mass is 19.4. The van der Waals surface area contributed by atoms with E-state index in [0.29, 0.717) is 11.3 Å². The quantitative estimate of drug-likeness (QED) is 0.814. The number of aromatic nitrogens is 2. The molecule has 0 radical (unpaired) electrons. The van der Waals surface area contributed by atoms with Crippen molar-refractivity contribution in [3.05, 3.63) is 42.2 Å². The highest BCUT2D eigenvalue weighted by molar-refractivity contribution is 5.92. The van der Waals surface area contributed by atoms with E-state index in [2.05, 4.69) is 15.2 Å². The normalized spacial score (nSPS) is 11.9. The van der Waals surface area contributed by atoms with Gasteiger partial charge in [-0.3, -0.25) is 9.48 Å². The van der Waals surface area contributed by atoms with Crippen LogP contribution >= 0.6 is 0 Å². The molecule has 0 saturated carbocycles. The van der Waals surface area contributed by atoms with E-state index in [1.807, 2.05) is 0 Å². The number of carboxylic acids is 1. The lowest BCUT2D eigenvalue weighted by Crippen LogP contribution is -2.35. The second-order valence-electron chi connectivity index (χ2n) is 5.95. The predicted octanol–water partition coefficient (Wildman–Crippen LogP) is 2.78. The highest BCUT2D eigenvalue weighted by Crippen LogP contribution is 2.23. The first kappa shape index (κ1) is 19.3. The van der Waals surface area contributed by atoms with Crippen LogP contribution in [-0.4, -0.2) is 33.1 Å². The van der Waals surface area contributed by atoms with Crippen LogP contribution in [0.5, 0.6) is 5.75 Å². The van der Waals surface area contributed by atoms with E-state index in [0.717, 1.165) is 12.1 Å². The van der Waals surface area contributed by atoms with Gasteiger partial charge >= 0.3 is 12.3 Å². The number of halogens is 3. The molecule has 2 rings (SSSR count). The molecule has 0 unspecified atom stereocenters. The molecule has 26 heavy (non-hydrogen) atoms. The summed E-state index contributed by atoms with van der Waals surface area (Å²) < 4.78 is 41.3. The maximum Gasteiger partial charge on any atom is 0.573 e. The number of hydrogen-bond acceptors (Lipinski definition) is 4. The zero-order valence-corrected chi connectivity index (χ0v) is 13.9. The number of rotatable bonds is 6. The smallest absolute Gasteiger partial charge is 0.479 e. The fraction of sp³-hybridized carbons (Fsp3) is 0.312. The van der Waals surface area contributed by atoms with Crippen LogP contribution in [0.1, 0.15) is 19.4 Å². The molecule has 0 spiro atoms. The molecule has 0 saturated heterocycles. The number of nitrogens with zero attached hydrogens (tertiary/aromatic N) is 2. The molecule has 140 valence electrons. The lowest BCUT2D eigenvalue weighted by Gasteiger charge is -2.19. The van der Waals surface area contributed by atoms with Crippen molar-refractivity contribution in [3.63, 3.8) is 0 Å². The molecule has 0 aliphatic rings. The van der Waals surface area contributed by atoms with Crippen LogP contribution in [0.15, 0.2) is 36.7 Å². The van der Waals surface area contributed by atoms with Gasteiger partial charge in [0.05, 0.1) is 18.3 Å². The minimum atomic E-state index is -4.78. The van der Waals surface area contributed by atoms with Crippen LogP contribution in [0.3, 0.4) is 0 Å². The number of carbonyl (C=O) groups is 2. The first-order valence-corrected chi connectivity index (χ1v) is 7.40. The molecule has 0 fully saturated rings. The largest absolute Gasteiger partial charge is 0.573 e. The van der Waals surface area contributed by atoms with E-state index in [9.17, 15) is 22.8 Å². The van der Waals surface area contributed by atoms with E-state index in [4.69, 9.17) is 5.11 Å². The Morgan fingerprint density at radius 1 is 1.23 bits per heavy atom. The van der Waals surface area contributed by atoms with Crippen molar-refractivity contribution in [2.45, 2.75) is 32.2 Å². The number of ether oxygens (including phenoxy) is 1. The van der Waals surface area contributed by atoms with Gasteiger partial charge in [0.2, 0.25) is 5.91 Å². The third-order valence-electron chi connectivity index (χ3n) is 3.48. The van der Waals surface area contributed by atoms with Crippen molar-refractivity contribution in [3.8, 4) is 5.75 Å². The Morgan fingerprint density at radius 2 is 1.85 bits per heavy atom. The van der Waals surface area contributed by atoms with Gasteiger partial charge in [-0.15, -0.1) is 13.2 Å². The number of aliphatic carboxylic acids is 1. The number of benzene rings is 1. The Balaban J connectivity index is 1.97. The summed E-state index contributed by atoms with van der Waals surface area (Å²) in [5.41, 5.74) is -0.492. The van der Waals surface area contributed by atoms with Crippen molar-refractivity contribution in [2.24, 2.45) is 0 Å². The van der Waals surface area contributed by atoms with Crippen LogP contribution in [0.25, 0.3) is 0 Å². The van der Waals surface area contributed by atoms with E-state index in [-0.39, 0.29) is 12.2 Å². The molecule has 2 N–H and O–H groups in total. The molecule has 0 aliphatic carbocycles. The second-order valence-corrected chi connectivity index (χ2v) is 5.95. The molecular weight excluding hydrogens is 355 g/mol. The van der Waals surface area contributed by atoms with Gasteiger partial charge in [0.25, 0.3) is 0 Å². The molecule has 1 aromatic carbocycles. The van der Waals surface area contributed by atoms with Gasteiger partial charge in [0, 0.05) is 6.20 Å². The number of amides is 1. The third kappa shape index (κ3) is 4.98. The van der Waals surface area contributed by atoms with Crippen LogP contribution in [0.2, 0.25) is 0 Å². The minimum absolute atomic E-state index is 0.0835. The van der Waals surface area contributed by atoms with E-state index in [1.54, 1.807) is 0 Å². The lowest BCUT2D eigenvalue weighted by molar-refractivity contribution is -0.274. The van der Waals surface area contributed by atoms with Gasteiger partial charge in [0.1, 0.15) is 5.75 Å². The zero-order chi connectivity index (χ0) is 19.5. The first-order valence-electron chi connectivity index (χ1n) is 7.40. The Bertz CT molecular complexity index is 798. The molecule has 7 nitrogen and oxygen atoms in total. The fourth-order valence-corrected chi connectivity index (χ4v) is 1.99. The van der Waals surface area contributed by atoms with Gasteiger partial charge in [-0.05, 0) is 31.5 Å². The summed E-state index contributed by atoms with van der Waals surface area (Å²) in [5, 5.41) is 15.6. The molecular formula is C16H16F3N3O4. The van der Waals surface area contributed by atoms with Crippen LogP contribution in [0, 0.1) is 0 Å². The molecule has 0 aliphatic heterocycles. The molecule has 0 bridgehead atoms. The average molecular weight is 371 g/mol. The van der Waals surface area contributed by atoms with Gasteiger partial charge in [0.15, 0.2) is 5.54 Å². The predicted molar refractivity (Wildman–Crippen MR) is 84.6 cm³/mol. The SMILES string of the molecule is CC(C)(C(=O)O)n1cc(NC(=O)Cc2ccc(OC(F)(F)F)cc2)cn1. The maximum atomic E-state index is 12.1. The summed E-state index contributed by atoms with van der Waals surface area (Å²) in [6, 6.07) is 4.92. The number of carboxylic acid groups (broad SMARTS) is 1. The number of alkyl halides is 3. The Morgan fingerprint density at radius 3 is 2.38 bits per heavy atom. The Labute approximate surface area is 146 Å². The van der Waals surface area contributed by atoms with Crippen LogP contribution in [-0.2, 0) is 21.5 Å². The molecule has 1 amide bonds. The molecule has 1 heterocycles. The van der Waals surface area contributed by atoms with Crippen molar-refractivity contribution in [1.29, 1.82) is 0 Å². The zero-order valence-electron chi connectivity index (χ0n) is 13.9. The molecule has 1 aromatic heterocycles. The molecule has 0 atom stereocenters. The van der Waals surface area contributed by atoms with Crippen molar-refractivity contribution >= 4 is 17.6 Å². The number of nitrogens with one attached hydrogen (secondary N) is 1. The molecule has 2 aromatic rings. The van der Waals surface area contributed by atoms with Gasteiger partial charge in [-0.25, -0.2) is 4.79 Å². The lowest BCUT2D eigenvalue weighted by atomic mass is 10.1. The van der Waals surface area contributed by atoms with E-state index >= 15 is 0 Å². The Hall–Kier alpha value is -3.04. The van der Waals surface area contributed by atoms with E-state index < -0.39 is 23.8 Å². The van der Waals surface area contributed by atoms with Gasteiger partial charge in [-0.2, -0.15) is 5.10 Å². The number of hydrogen-bond donors (Lipinski definition) is 2. The van der Waals surface area contributed by atoms with Crippen molar-refractivity contribution in [2.75, 3.05) is 5.32 Å². The summed E-state index contributed by atoms with van der Waals surface area (Å²) in [6.07, 6.45) is -2.17. The minimum Gasteiger partial charge on any atom is -0.479 e. The second kappa shape index (κ2) is 7.06. The van der Waals surface area contributed by atoms with Crippen molar-refractivity contribution < 1.29 is 32.6 Å². The summed E-state index contributed by atoms with van der Waals surface area (Å²) in [5.74, 6) is -1.89. The van der Waals surface area contributed by atoms with Crippen molar-refractivity contribution in [1.82, 2.24) is 9.78 Å². The standard InChI is InChI=1S/C16H16F3N3O4/c1-15(2,14(24)25)22-9-11(8-20-22)21-13(23)7-10-3-5-12(6-4-10)26-16(17,18)19/h3-6,8-9H,7H2,1-2H3,(H,21,23)(H,24,25). The van der Waals surface area contributed by atoms with E-state index in [1.165, 1.54) is 43.1 Å². The highest BCUT2D eigenvalue weighted by Gasteiger charge is 2.31. The van der Waals surface area contributed by atoms with Gasteiger partial charge < -0.3 is 15.2 Å². The Kier molecular flexibility index (Phi) is 5.24. The molecule has 10 heteroatoms. The first-order chi connectivity index (χ1) is 12.0. The summed E-state index contributed by atoms with van der Waals surface area (Å²) >= 11 is 0.